The first kappa shape index (κ1) is 12.2. The van der Waals surface area contributed by atoms with Crippen molar-refractivity contribution >= 4 is 0 Å². The van der Waals surface area contributed by atoms with Crippen LogP contribution in [0.1, 0.15) is 45.4 Å². The minimum atomic E-state index is 0.992. The molecular formula is C13H21. The van der Waals surface area contributed by atoms with Crippen molar-refractivity contribution in [3.63, 3.8) is 0 Å². The van der Waals surface area contributed by atoms with Gasteiger partial charge in [-0.2, -0.15) is 0 Å². The highest BCUT2D eigenvalue weighted by Crippen LogP contribution is 2.00. The molecule has 0 amide bonds. The van der Waals surface area contributed by atoms with Crippen LogP contribution in [0, 0.1) is 6.58 Å². The molecule has 73 valence electrons. The zero-order chi connectivity index (χ0) is 9.78. The van der Waals surface area contributed by atoms with Crippen molar-refractivity contribution in [1.29, 1.82) is 0 Å². The topological polar surface area (TPSA) is 0 Å². The van der Waals surface area contributed by atoms with Gasteiger partial charge in [-0.1, -0.05) is 43.9 Å². The zero-order valence-corrected chi connectivity index (χ0v) is 8.71. The van der Waals surface area contributed by atoms with Crippen molar-refractivity contribution in [3.05, 3.63) is 37.0 Å². The van der Waals surface area contributed by atoms with E-state index in [4.69, 9.17) is 6.58 Å². The van der Waals surface area contributed by atoms with E-state index >= 15 is 0 Å². The van der Waals surface area contributed by atoms with Gasteiger partial charge in [-0.25, -0.2) is 0 Å². The predicted molar refractivity (Wildman–Crippen MR) is 60.5 cm³/mol. The van der Waals surface area contributed by atoms with Crippen molar-refractivity contribution < 1.29 is 0 Å². The Hall–Kier alpha value is -0.780. The molecule has 0 nitrogen and oxygen atoms in total. The fourth-order valence-electron chi connectivity index (χ4n) is 1.07. The quantitative estimate of drug-likeness (QED) is 0.379. The van der Waals surface area contributed by atoms with Gasteiger partial charge in [-0.3, -0.25) is 0 Å². The van der Waals surface area contributed by atoms with Crippen LogP contribution in [0.25, 0.3) is 0 Å². The van der Waals surface area contributed by atoms with Crippen LogP contribution in [0.15, 0.2) is 30.4 Å². The normalized spacial score (nSPS) is 11.5. The number of hydrogen-bond acceptors (Lipinski definition) is 0. The molecule has 0 heteroatoms. The number of hydrogen-bond donors (Lipinski definition) is 0. The van der Waals surface area contributed by atoms with Crippen LogP contribution in [0.4, 0.5) is 0 Å². The standard InChI is InChI=1S/C13H21/c1-3-5-7-9-11-13-12-10-8-6-4-2/h1,3,6,8-9,11H,4-5,7,10,12-13H2,2H3. The molecule has 0 aromatic heterocycles. The van der Waals surface area contributed by atoms with E-state index in [0.29, 0.717) is 0 Å². The van der Waals surface area contributed by atoms with Crippen LogP contribution in [0.2, 0.25) is 0 Å². The van der Waals surface area contributed by atoms with Gasteiger partial charge >= 0.3 is 0 Å². The molecule has 0 aromatic rings. The van der Waals surface area contributed by atoms with Gasteiger partial charge in [0.25, 0.3) is 0 Å². The Balaban J connectivity index is 3.10. The minimum absolute atomic E-state index is 0.992. The van der Waals surface area contributed by atoms with Crippen LogP contribution in [-0.4, -0.2) is 0 Å². The van der Waals surface area contributed by atoms with Gasteiger partial charge in [0.2, 0.25) is 0 Å². The zero-order valence-electron chi connectivity index (χ0n) is 8.71. The smallest absolute Gasteiger partial charge is 0.0313 e. The van der Waals surface area contributed by atoms with Gasteiger partial charge in [-0.15, -0.1) is 0 Å². The maximum Gasteiger partial charge on any atom is -0.0313 e. The third-order valence-electron chi connectivity index (χ3n) is 1.81. The molecule has 0 heterocycles. The molecule has 0 fully saturated rings. The molecular weight excluding hydrogens is 156 g/mol. The van der Waals surface area contributed by atoms with Crippen LogP contribution in [0.5, 0.6) is 0 Å². The van der Waals surface area contributed by atoms with E-state index in [-0.39, 0.29) is 0 Å². The molecule has 1 radical (unpaired) electrons. The van der Waals surface area contributed by atoms with E-state index in [1.807, 2.05) is 0 Å². The van der Waals surface area contributed by atoms with Gasteiger partial charge in [0.1, 0.15) is 0 Å². The highest BCUT2D eigenvalue weighted by Gasteiger charge is 1.80. The fraction of sp³-hybridized carbons (Fsp3) is 0.538. The highest BCUT2D eigenvalue weighted by atomic mass is 13.9. The molecule has 0 aromatic carbocycles. The van der Waals surface area contributed by atoms with Crippen molar-refractivity contribution in [2.75, 3.05) is 0 Å². The van der Waals surface area contributed by atoms with E-state index in [9.17, 15) is 0 Å². The van der Waals surface area contributed by atoms with Crippen LogP contribution in [-0.2, 0) is 0 Å². The average Bonchev–Trinajstić information content (AvgIpc) is 2.16. The lowest BCUT2D eigenvalue weighted by Crippen LogP contribution is -1.70. The minimum Gasteiger partial charge on any atom is -0.0888 e. The second kappa shape index (κ2) is 11.2. The van der Waals surface area contributed by atoms with Crippen LogP contribution < -0.4 is 0 Å². The maximum atomic E-state index is 5.26. The predicted octanol–water partition coefficient (Wildman–Crippen LogP) is 4.45. The maximum absolute atomic E-state index is 5.26. The summed E-state index contributed by atoms with van der Waals surface area (Å²) in [6.07, 6.45) is 17.6. The van der Waals surface area contributed by atoms with Crippen molar-refractivity contribution in [3.8, 4) is 0 Å². The lowest BCUT2D eigenvalue weighted by atomic mass is 10.2. The summed E-state index contributed by atoms with van der Waals surface area (Å²) in [5.74, 6) is 0. The monoisotopic (exact) mass is 177 g/mol. The van der Waals surface area contributed by atoms with E-state index in [0.717, 1.165) is 19.3 Å². The Morgan fingerprint density at radius 3 is 2.08 bits per heavy atom. The van der Waals surface area contributed by atoms with E-state index in [2.05, 4.69) is 31.2 Å². The fourth-order valence-corrected chi connectivity index (χ4v) is 1.07. The second-order valence-corrected chi connectivity index (χ2v) is 3.10. The molecule has 0 spiro atoms. The molecule has 0 saturated heterocycles. The number of rotatable bonds is 8. The third-order valence-corrected chi connectivity index (χ3v) is 1.81. The van der Waals surface area contributed by atoms with E-state index < -0.39 is 0 Å². The summed E-state index contributed by atoms with van der Waals surface area (Å²) in [6, 6.07) is 0. The largest absolute Gasteiger partial charge is 0.0888 e. The third kappa shape index (κ3) is 11.2. The molecule has 0 aliphatic carbocycles. The summed E-state index contributed by atoms with van der Waals surface area (Å²) in [6.45, 7) is 7.42. The van der Waals surface area contributed by atoms with Gasteiger partial charge < -0.3 is 0 Å². The van der Waals surface area contributed by atoms with Crippen LogP contribution in [0.3, 0.4) is 0 Å². The molecule has 0 aliphatic rings. The highest BCUT2D eigenvalue weighted by molar-refractivity contribution is 4.86. The first-order chi connectivity index (χ1) is 6.41. The summed E-state index contributed by atoms with van der Waals surface area (Å²) in [4.78, 5) is 0. The van der Waals surface area contributed by atoms with Gasteiger partial charge in [0, 0.05) is 0 Å². The number of unbranched alkanes of at least 4 members (excludes halogenated alkanes) is 3. The molecule has 0 unspecified atom stereocenters. The Morgan fingerprint density at radius 1 is 0.846 bits per heavy atom. The molecule has 0 atom stereocenters. The Kier molecular flexibility index (Phi) is 10.5. The van der Waals surface area contributed by atoms with Crippen molar-refractivity contribution in [2.24, 2.45) is 0 Å². The molecule has 13 heavy (non-hydrogen) atoms. The molecule has 0 bridgehead atoms. The Labute approximate surface area is 83.0 Å². The molecule has 0 N–H and O–H groups in total. The lowest BCUT2D eigenvalue weighted by molar-refractivity contribution is 0.859. The molecule has 0 rings (SSSR count). The summed E-state index contributed by atoms with van der Waals surface area (Å²) in [5, 5.41) is 0. The van der Waals surface area contributed by atoms with Crippen LogP contribution >= 0.6 is 0 Å². The molecule has 0 aliphatic heterocycles. The summed E-state index contributed by atoms with van der Waals surface area (Å²) in [5.41, 5.74) is 0. The number of allylic oxidation sites excluding steroid dienone is 5. The van der Waals surface area contributed by atoms with E-state index in [1.54, 1.807) is 6.08 Å². The van der Waals surface area contributed by atoms with Gasteiger partial charge in [0.15, 0.2) is 0 Å². The molecule has 0 saturated carbocycles. The van der Waals surface area contributed by atoms with E-state index in [1.165, 1.54) is 19.3 Å². The second-order valence-electron chi connectivity index (χ2n) is 3.10. The van der Waals surface area contributed by atoms with Crippen molar-refractivity contribution in [2.45, 2.75) is 45.4 Å². The summed E-state index contributed by atoms with van der Waals surface area (Å²) >= 11 is 0. The SMILES string of the molecule is [CH]=CCCC=CCCCC=CCC. The Bertz CT molecular complexity index is 151. The lowest BCUT2D eigenvalue weighted by Gasteiger charge is -1.90. The van der Waals surface area contributed by atoms with Crippen molar-refractivity contribution in [1.82, 2.24) is 0 Å². The van der Waals surface area contributed by atoms with Gasteiger partial charge in [0.05, 0.1) is 0 Å². The summed E-state index contributed by atoms with van der Waals surface area (Å²) < 4.78 is 0. The first-order valence-electron chi connectivity index (χ1n) is 5.25. The van der Waals surface area contributed by atoms with Gasteiger partial charge in [-0.05, 0) is 38.5 Å². The summed E-state index contributed by atoms with van der Waals surface area (Å²) in [7, 11) is 0. The first-order valence-corrected chi connectivity index (χ1v) is 5.25. The Morgan fingerprint density at radius 2 is 1.46 bits per heavy atom. The average molecular weight is 177 g/mol.